The number of hydrogen-bond donors (Lipinski definition) is 1. The van der Waals surface area contributed by atoms with Crippen molar-refractivity contribution in [3.63, 3.8) is 0 Å². The van der Waals surface area contributed by atoms with E-state index in [-0.39, 0.29) is 0 Å². The topological polar surface area (TPSA) is 38.0 Å². The van der Waals surface area contributed by atoms with Crippen LogP contribution >= 0.6 is 0 Å². The number of aryl methyl sites for hydroxylation is 1. The van der Waals surface area contributed by atoms with Crippen molar-refractivity contribution in [3.8, 4) is 11.8 Å². The van der Waals surface area contributed by atoms with Gasteiger partial charge in [-0.15, -0.1) is 0 Å². The van der Waals surface area contributed by atoms with Crippen molar-refractivity contribution in [2.45, 2.75) is 31.9 Å². The summed E-state index contributed by atoms with van der Waals surface area (Å²) in [5, 5.41) is 9.45. The van der Waals surface area contributed by atoms with Crippen molar-refractivity contribution in [1.82, 2.24) is 9.55 Å². The Morgan fingerprint density at radius 1 is 1.69 bits per heavy atom. The molecule has 0 amide bonds. The van der Waals surface area contributed by atoms with Crippen LogP contribution in [0, 0.1) is 11.8 Å². The van der Waals surface area contributed by atoms with Crippen molar-refractivity contribution in [2.75, 3.05) is 0 Å². The summed E-state index contributed by atoms with van der Waals surface area (Å²) >= 11 is 0. The van der Waals surface area contributed by atoms with Crippen LogP contribution in [0.25, 0.3) is 0 Å². The van der Waals surface area contributed by atoms with Crippen molar-refractivity contribution in [2.24, 2.45) is 0 Å². The van der Waals surface area contributed by atoms with Gasteiger partial charge >= 0.3 is 0 Å². The van der Waals surface area contributed by atoms with E-state index >= 15 is 0 Å². The molecule has 0 bridgehead atoms. The van der Waals surface area contributed by atoms with Crippen molar-refractivity contribution in [1.29, 1.82) is 0 Å². The predicted molar refractivity (Wildman–Crippen MR) is 49.0 cm³/mol. The monoisotopic (exact) mass is 176 g/mol. The van der Waals surface area contributed by atoms with E-state index in [9.17, 15) is 5.11 Å². The molecule has 0 aliphatic heterocycles. The number of hydrogen-bond acceptors (Lipinski definition) is 2. The third-order valence-electron chi connectivity index (χ3n) is 2.15. The van der Waals surface area contributed by atoms with E-state index in [4.69, 9.17) is 0 Å². The lowest BCUT2D eigenvalue weighted by molar-refractivity contribution is 0.212. The quantitative estimate of drug-likeness (QED) is 0.642. The van der Waals surface area contributed by atoms with Gasteiger partial charge in [0.25, 0.3) is 0 Å². The first-order valence-electron chi connectivity index (χ1n) is 4.49. The summed E-state index contributed by atoms with van der Waals surface area (Å²) in [7, 11) is 0. The second-order valence-electron chi connectivity index (χ2n) is 3.37. The smallest absolute Gasteiger partial charge is 0.131 e. The third kappa shape index (κ3) is 1.90. The minimum Gasteiger partial charge on any atom is -0.378 e. The molecule has 1 heterocycles. The zero-order valence-corrected chi connectivity index (χ0v) is 7.62. The van der Waals surface area contributed by atoms with E-state index < -0.39 is 5.60 Å². The first kappa shape index (κ1) is 8.33. The molecule has 0 unspecified atom stereocenters. The molecular formula is C10H12N2O. The van der Waals surface area contributed by atoms with Gasteiger partial charge in [-0.3, -0.25) is 0 Å². The van der Waals surface area contributed by atoms with Crippen LogP contribution in [0.4, 0.5) is 0 Å². The fraction of sp³-hybridized carbons (Fsp3) is 0.500. The molecular weight excluding hydrogens is 164 g/mol. The molecule has 68 valence electrons. The lowest BCUT2D eigenvalue weighted by Crippen LogP contribution is -2.00. The molecule has 1 saturated carbocycles. The van der Waals surface area contributed by atoms with Crippen LogP contribution in [0.5, 0.6) is 0 Å². The van der Waals surface area contributed by atoms with Gasteiger partial charge < -0.3 is 9.67 Å². The van der Waals surface area contributed by atoms with Crippen molar-refractivity contribution < 1.29 is 5.11 Å². The molecule has 0 atom stereocenters. The van der Waals surface area contributed by atoms with Crippen LogP contribution in [0.3, 0.4) is 0 Å². The minimum atomic E-state index is -0.698. The summed E-state index contributed by atoms with van der Waals surface area (Å²) in [5.41, 5.74) is 0.0397. The fourth-order valence-electron chi connectivity index (χ4n) is 1.02. The number of nitrogens with zero attached hydrogens (tertiary/aromatic N) is 2. The normalized spacial score (nSPS) is 17.7. The van der Waals surface area contributed by atoms with Crippen LogP contribution in [-0.2, 0) is 6.54 Å². The zero-order valence-electron chi connectivity index (χ0n) is 7.62. The Balaban J connectivity index is 2.11. The summed E-state index contributed by atoms with van der Waals surface area (Å²) < 4.78 is 1.96. The molecule has 0 spiro atoms. The summed E-state index contributed by atoms with van der Waals surface area (Å²) in [6.07, 6.45) is 5.24. The lowest BCUT2D eigenvalue weighted by Gasteiger charge is -1.91. The van der Waals surface area contributed by atoms with Gasteiger partial charge in [0.05, 0.1) is 6.33 Å². The third-order valence-corrected chi connectivity index (χ3v) is 2.15. The number of imidazole rings is 1. The van der Waals surface area contributed by atoms with Crippen LogP contribution in [0.2, 0.25) is 0 Å². The standard InChI is InChI=1S/C10H12N2O/c1-2-12-7-9(11-8-12)3-4-10(13)5-6-10/h7-8,13H,2,5-6H2,1H3. The molecule has 2 rings (SSSR count). The molecule has 0 saturated heterocycles. The number of aromatic nitrogens is 2. The molecule has 1 aromatic heterocycles. The predicted octanol–water partition coefficient (Wildman–Crippen LogP) is 0.779. The molecule has 1 aromatic rings. The van der Waals surface area contributed by atoms with Gasteiger partial charge in [-0.1, -0.05) is 5.92 Å². The Morgan fingerprint density at radius 2 is 2.46 bits per heavy atom. The summed E-state index contributed by atoms with van der Waals surface area (Å²) in [4.78, 5) is 4.10. The van der Waals surface area contributed by atoms with Crippen LogP contribution in [0.15, 0.2) is 12.5 Å². The average molecular weight is 176 g/mol. The van der Waals surface area contributed by atoms with Gasteiger partial charge in [0.1, 0.15) is 11.3 Å². The van der Waals surface area contributed by atoms with E-state index in [1.54, 1.807) is 6.33 Å². The maximum Gasteiger partial charge on any atom is 0.131 e. The highest BCUT2D eigenvalue weighted by atomic mass is 16.3. The molecule has 3 heteroatoms. The second kappa shape index (κ2) is 2.90. The highest BCUT2D eigenvalue weighted by Crippen LogP contribution is 2.33. The van der Waals surface area contributed by atoms with E-state index in [1.165, 1.54) is 0 Å². The Labute approximate surface area is 77.4 Å². The largest absolute Gasteiger partial charge is 0.378 e. The highest BCUT2D eigenvalue weighted by Gasteiger charge is 2.38. The molecule has 1 aliphatic rings. The highest BCUT2D eigenvalue weighted by molar-refractivity contribution is 5.32. The fourth-order valence-corrected chi connectivity index (χ4v) is 1.02. The summed E-state index contributed by atoms with van der Waals surface area (Å²) in [6, 6.07) is 0. The average Bonchev–Trinajstić information content (AvgIpc) is 2.69. The Hall–Kier alpha value is -1.27. The maximum absolute atomic E-state index is 9.45. The molecule has 1 fully saturated rings. The van der Waals surface area contributed by atoms with E-state index in [2.05, 4.69) is 16.8 Å². The first-order chi connectivity index (χ1) is 6.22. The van der Waals surface area contributed by atoms with Crippen molar-refractivity contribution >= 4 is 0 Å². The van der Waals surface area contributed by atoms with E-state index in [0.29, 0.717) is 0 Å². The molecule has 1 N–H and O–H groups in total. The van der Waals surface area contributed by atoms with Gasteiger partial charge in [-0.25, -0.2) is 4.98 Å². The SMILES string of the molecule is CCn1cnc(C#CC2(O)CC2)c1. The second-order valence-corrected chi connectivity index (χ2v) is 3.37. The number of aliphatic hydroxyl groups is 1. The molecule has 0 aromatic carbocycles. The molecule has 3 nitrogen and oxygen atoms in total. The van der Waals surface area contributed by atoms with Gasteiger partial charge in [0.15, 0.2) is 0 Å². The zero-order chi connectivity index (χ0) is 9.31. The Bertz CT molecular complexity index is 366. The van der Waals surface area contributed by atoms with Gasteiger partial charge in [-0.2, -0.15) is 0 Å². The molecule has 0 radical (unpaired) electrons. The van der Waals surface area contributed by atoms with Gasteiger partial charge in [0.2, 0.25) is 0 Å². The van der Waals surface area contributed by atoms with Crippen molar-refractivity contribution in [3.05, 3.63) is 18.2 Å². The molecule has 13 heavy (non-hydrogen) atoms. The van der Waals surface area contributed by atoms with Gasteiger partial charge in [0, 0.05) is 12.7 Å². The van der Waals surface area contributed by atoms with E-state index in [0.717, 1.165) is 25.1 Å². The van der Waals surface area contributed by atoms with Crippen LogP contribution < -0.4 is 0 Å². The summed E-state index contributed by atoms with van der Waals surface area (Å²) in [6.45, 7) is 2.95. The van der Waals surface area contributed by atoms with E-state index in [1.807, 2.05) is 17.7 Å². The Kier molecular flexibility index (Phi) is 1.86. The maximum atomic E-state index is 9.45. The Morgan fingerprint density at radius 3 is 3.00 bits per heavy atom. The van der Waals surface area contributed by atoms with Gasteiger partial charge in [-0.05, 0) is 25.7 Å². The first-order valence-corrected chi connectivity index (χ1v) is 4.49. The van der Waals surface area contributed by atoms with Crippen LogP contribution in [-0.4, -0.2) is 20.3 Å². The minimum absolute atomic E-state index is 0.698. The van der Waals surface area contributed by atoms with Crippen LogP contribution in [0.1, 0.15) is 25.5 Å². The number of rotatable bonds is 1. The lowest BCUT2D eigenvalue weighted by atomic mass is 10.3. The summed E-state index contributed by atoms with van der Waals surface area (Å²) in [5.74, 6) is 5.69. The molecule has 1 aliphatic carbocycles.